The summed E-state index contributed by atoms with van der Waals surface area (Å²) in [6.45, 7) is 5.13. The van der Waals surface area contributed by atoms with Crippen molar-refractivity contribution in [3.8, 4) is 0 Å². The molecule has 2 heterocycles. The van der Waals surface area contributed by atoms with E-state index in [2.05, 4.69) is 5.32 Å². The highest BCUT2D eigenvalue weighted by Crippen LogP contribution is 2.26. The molecule has 2 aliphatic rings. The summed E-state index contributed by atoms with van der Waals surface area (Å²) >= 11 is 0. The molecule has 2 fully saturated rings. The highest BCUT2D eigenvalue weighted by atomic mass is 32.2. The molecule has 0 unspecified atom stereocenters. The Balaban J connectivity index is 1.95. The van der Waals surface area contributed by atoms with Gasteiger partial charge in [0.05, 0.1) is 6.10 Å². The molecule has 2 rings (SSSR count). The van der Waals surface area contributed by atoms with Crippen LogP contribution >= 0.6 is 0 Å². The van der Waals surface area contributed by atoms with E-state index in [1.807, 2.05) is 4.72 Å². The number of hydrogen-bond acceptors (Lipinski definition) is 5. The van der Waals surface area contributed by atoms with E-state index < -0.39 is 16.3 Å². The maximum Gasteiger partial charge on any atom is 0.422 e. The summed E-state index contributed by atoms with van der Waals surface area (Å²) in [5.74, 6) is 0.339. The molecule has 0 spiro atoms. The largest absolute Gasteiger partial charge is 0.446 e. The summed E-state index contributed by atoms with van der Waals surface area (Å²) in [6.07, 6.45) is 0.828. The van der Waals surface area contributed by atoms with Gasteiger partial charge in [-0.25, -0.2) is 9.52 Å². The number of piperidine rings is 1. The van der Waals surface area contributed by atoms with E-state index in [-0.39, 0.29) is 12.1 Å². The summed E-state index contributed by atoms with van der Waals surface area (Å²) in [4.78, 5) is 11.4. The molecule has 0 aromatic rings. The van der Waals surface area contributed by atoms with E-state index in [0.29, 0.717) is 19.0 Å². The van der Waals surface area contributed by atoms with Crippen molar-refractivity contribution in [1.82, 2.24) is 14.3 Å². The smallest absolute Gasteiger partial charge is 0.422 e. The van der Waals surface area contributed by atoms with Crippen molar-refractivity contribution in [2.24, 2.45) is 5.92 Å². The number of rotatable bonds is 3. The molecule has 7 nitrogen and oxygen atoms in total. The van der Waals surface area contributed by atoms with Crippen LogP contribution < -0.4 is 10.0 Å². The number of nitrogens with zero attached hydrogens (tertiary/aromatic N) is 1. The van der Waals surface area contributed by atoms with Crippen LogP contribution in [0.1, 0.15) is 26.7 Å². The minimum atomic E-state index is -3.79. The molecule has 1 amide bonds. The van der Waals surface area contributed by atoms with E-state index in [9.17, 15) is 13.2 Å². The summed E-state index contributed by atoms with van der Waals surface area (Å²) in [6, 6.07) is 0.200. The number of nitrogens with one attached hydrogen (secondary N) is 2. The van der Waals surface area contributed by atoms with E-state index in [4.69, 9.17) is 4.74 Å². The molecule has 0 bridgehead atoms. The maximum atomic E-state index is 12.1. The molecule has 0 radical (unpaired) electrons. The van der Waals surface area contributed by atoms with Gasteiger partial charge in [0, 0.05) is 19.1 Å². The molecule has 8 heteroatoms. The first-order chi connectivity index (χ1) is 8.88. The summed E-state index contributed by atoms with van der Waals surface area (Å²) in [5, 5.41) is 3.32. The Hall–Kier alpha value is -0.860. The molecule has 2 atom stereocenters. The monoisotopic (exact) mass is 291 g/mol. The molecular formula is C11H21N3O4S. The standard InChI is InChI=1S/C11H21N3O4S/c1-8(2)18-11(15)13-19(16,17)14-6-9-4-3-5-12-10(9)7-14/h8-10,12H,3-7H2,1-2H3,(H,13,15)/t9-,10+/m0/s1. The van der Waals surface area contributed by atoms with Gasteiger partial charge >= 0.3 is 16.3 Å². The third kappa shape index (κ3) is 3.58. The zero-order valence-electron chi connectivity index (χ0n) is 11.3. The van der Waals surface area contributed by atoms with E-state index in [1.165, 1.54) is 4.31 Å². The molecule has 0 aliphatic carbocycles. The fraction of sp³-hybridized carbons (Fsp3) is 0.909. The Bertz CT molecular complexity index is 423. The van der Waals surface area contributed by atoms with Gasteiger partial charge in [0.25, 0.3) is 0 Å². The third-order valence-corrected chi connectivity index (χ3v) is 4.86. The fourth-order valence-electron chi connectivity index (χ4n) is 2.61. The molecular weight excluding hydrogens is 270 g/mol. The lowest BCUT2D eigenvalue weighted by Gasteiger charge is -2.24. The highest BCUT2D eigenvalue weighted by Gasteiger charge is 2.40. The average molecular weight is 291 g/mol. The maximum absolute atomic E-state index is 12.1. The zero-order valence-corrected chi connectivity index (χ0v) is 12.1. The summed E-state index contributed by atoms with van der Waals surface area (Å²) in [5.41, 5.74) is 0. The second kappa shape index (κ2) is 5.64. The predicted octanol–water partition coefficient (Wildman–Crippen LogP) is 0.0496. The van der Waals surface area contributed by atoms with Crippen molar-refractivity contribution in [3.05, 3.63) is 0 Å². The fourth-order valence-corrected chi connectivity index (χ4v) is 3.74. The SMILES string of the molecule is CC(C)OC(=O)NS(=O)(=O)N1C[C@@H]2CCCN[C@@H]2C1. The molecule has 2 saturated heterocycles. The zero-order chi connectivity index (χ0) is 14.0. The Morgan fingerprint density at radius 1 is 1.42 bits per heavy atom. The Morgan fingerprint density at radius 2 is 2.16 bits per heavy atom. The molecule has 19 heavy (non-hydrogen) atoms. The van der Waals surface area contributed by atoms with Crippen LogP contribution in [0.25, 0.3) is 0 Å². The van der Waals surface area contributed by atoms with Crippen LogP contribution in [0.4, 0.5) is 4.79 Å². The molecule has 0 saturated carbocycles. The van der Waals surface area contributed by atoms with Crippen molar-refractivity contribution in [2.45, 2.75) is 38.8 Å². The van der Waals surface area contributed by atoms with Crippen molar-refractivity contribution in [2.75, 3.05) is 19.6 Å². The van der Waals surface area contributed by atoms with Crippen molar-refractivity contribution >= 4 is 16.3 Å². The van der Waals surface area contributed by atoms with Gasteiger partial charge in [0.2, 0.25) is 0 Å². The van der Waals surface area contributed by atoms with Crippen LogP contribution in [0.2, 0.25) is 0 Å². The molecule has 0 aromatic heterocycles. The van der Waals surface area contributed by atoms with Gasteiger partial charge in [-0.05, 0) is 39.2 Å². The minimum absolute atomic E-state index is 0.200. The van der Waals surface area contributed by atoms with E-state index in [1.54, 1.807) is 13.8 Å². The van der Waals surface area contributed by atoms with Gasteiger partial charge in [0.15, 0.2) is 0 Å². The van der Waals surface area contributed by atoms with Crippen LogP contribution in [-0.2, 0) is 14.9 Å². The molecule has 110 valence electrons. The van der Waals surface area contributed by atoms with Crippen LogP contribution in [0.15, 0.2) is 0 Å². The average Bonchev–Trinajstić information content (AvgIpc) is 2.71. The van der Waals surface area contributed by atoms with E-state index in [0.717, 1.165) is 19.4 Å². The first-order valence-electron chi connectivity index (χ1n) is 6.60. The van der Waals surface area contributed by atoms with Gasteiger partial charge < -0.3 is 10.1 Å². The second-order valence-corrected chi connectivity index (χ2v) is 7.01. The predicted molar refractivity (Wildman–Crippen MR) is 69.8 cm³/mol. The second-order valence-electron chi connectivity index (χ2n) is 5.34. The van der Waals surface area contributed by atoms with Crippen LogP contribution in [0, 0.1) is 5.92 Å². The van der Waals surface area contributed by atoms with E-state index >= 15 is 0 Å². The first kappa shape index (κ1) is 14.5. The quantitative estimate of drug-likeness (QED) is 0.767. The lowest BCUT2D eigenvalue weighted by Crippen LogP contribution is -2.44. The van der Waals surface area contributed by atoms with Crippen molar-refractivity contribution in [1.29, 1.82) is 0 Å². The van der Waals surface area contributed by atoms with Crippen LogP contribution in [0.5, 0.6) is 0 Å². The third-order valence-electron chi connectivity index (χ3n) is 3.46. The number of fused-ring (bicyclic) bond motifs is 1. The van der Waals surface area contributed by atoms with Crippen molar-refractivity contribution in [3.63, 3.8) is 0 Å². The molecule has 0 aromatic carbocycles. The molecule has 2 N–H and O–H groups in total. The lowest BCUT2D eigenvalue weighted by atomic mass is 9.94. The number of ether oxygens (including phenoxy) is 1. The highest BCUT2D eigenvalue weighted by molar-refractivity contribution is 7.87. The molecule has 2 aliphatic heterocycles. The van der Waals surface area contributed by atoms with Crippen LogP contribution in [0.3, 0.4) is 0 Å². The van der Waals surface area contributed by atoms with Gasteiger partial charge in [-0.1, -0.05) is 0 Å². The number of amides is 1. The summed E-state index contributed by atoms with van der Waals surface area (Å²) in [7, 11) is -3.79. The Kier molecular flexibility index (Phi) is 4.32. The Labute approximate surface area is 113 Å². The lowest BCUT2D eigenvalue weighted by molar-refractivity contribution is 0.121. The topological polar surface area (TPSA) is 87.7 Å². The van der Waals surface area contributed by atoms with Gasteiger partial charge in [-0.15, -0.1) is 0 Å². The van der Waals surface area contributed by atoms with Gasteiger partial charge in [0.1, 0.15) is 0 Å². The normalized spacial score (nSPS) is 28.2. The van der Waals surface area contributed by atoms with Gasteiger partial charge in [-0.2, -0.15) is 12.7 Å². The van der Waals surface area contributed by atoms with Gasteiger partial charge in [-0.3, -0.25) is 0 Å². The summed E-state index contributed by atoms with van der Waals surface area (Å²) < 4.78 is 32.2. The number of hydrogen-bond donors (Lipinski definition) is 2. The van der Waals surface area contributed by atoms with Crippen LogP contribution in [-0.4, -0.2) is 50.6 Å². The number of carbonyl (C=O) groups is 1. The number of carbonyl (C=O) groups excluding carboxylic acids is 1. The Morgan fingerprint density at radius 3 is 2.79 bits per heavy atom. The minimum Gasteiger partial charge on any atom is -0.446 e. The first-order valence-corrected chi connectivity index (χ1v) is 8.04. The van der Waals surface area contributed by atoms with Crippen molar-refractivity contribution < 1.29 is 17.9 Å².